The van der Waals surface area contributed by atoms with E-state index < -0.39 is 40.4 Å². The maximum atomic E-state index is 11.1. The van der Waals surface area contributed by atoms with Crippen LogP contribution in [0.4, 0.5) is 5.82 Å². The van der Waals surface area contributed by atoms with Crippen molar-refractivity contribution in [1.82, 2.24) is 19.5 Å². The van der Waals surface area contributed by atoms with Gasteiger partial charge in [-0.25, -0.2) is 4.98 Å². The van der Waals surface area contributed by atoms with Crippen molar-refractivity contribution in [2.45, 2.75) is 88.9 Å². The van der Waals surface area contributed by atoms with Gasteiger partial charge in [0.25, 0.3) is 10.1 Å². The summed E-state index contributed by atoms with van der Waals surface area (Å²) in [5, 5.41) is 24.9. The van der Waals surface area contributed by atoms with Crippen molar-refractivity contribution in [2.75, 3.05) is 11.1 Å². The van der Waals surface area contributed by atoms with Crippen molar-refractivity contribution in [2.24, 2.45) is 16.7 Å². The number of nitrogens with zero attached hydrogens (tertiary/aromatic N) is 4. The van der Waals surface area contributed by atoms with Gasteiger partial charge in [-0.2, -0.15) is 18.4 Å². The van der Waals surface area contributed by atoms with Gasteiger partial charge < -0.3 is 20.3 Å². The van der Waals surface area contributed by atoms with Crippen molar-refractivity contribution in [3.63, 3.8) is 0 Å². The number of imidazole rings is 1. The molecule has 2 aromatic rings. The molecule has 11 nitrogen and oxygen atoms in total. The lowest BCUT2D eigenvalue weighted by molar-refractivity contribution is -0.0973. The van der Waals surface area contributed by atoms with E-state index in [4.69, 9.17) is 20.9 Å². The number of nitrogens with one attached hydrogen (secondary N) is 1. The zero-order valence-corrected chi connectivity index (χ0v) is 21.8. The zero-order chi connectivity index (χ0) is 25.7. The standard InChI is InChI=1S/C23H32ClN5O6S/c1-21-5-12-6-22(2,8-21)10-23(7-12,9-21)28-17-14-18(27-20(24)26-17)29(11-25-14)19-16(31)15(30)13(35-19)3-4-36(32,33)34/h11-13,15-16,19,30-31H,3-10H2,1-2H3,(H,26,27,28)(H,32,33,34)/t12?,13?,15?,16?,19?,21-,22+,23?. The second-order valence-corrected chi connectivity index (χ2v) is 14.2. The minimum atomic E-state index is -4.24. The molecule has 1 aliphatic heterocycles. The quantitative estimate of drug-likeness (QED) is 0.316. The third-order valence-corrected chi connectivity index (χ3v) is 9.60. The number of aliphatic hydroxyl groups is 2. The number of hydrogen-bond acceptors (Lipinski definition) is 9. The van der Waals surface area contributed by atoms with E-state index in [-0.39, 0.29) is 17.2 Å². The fraction of sp³-hybridized carbons (Fsp3) is 0.783. The molecule has 4 aliphatic carbocycles. The van der Waals surface area contributed by atoms with Gasteiger partial charge in [0.05, 0.1) is 18.2 Å². The highest BCUT2D eigenvalue weighted by Crippen LogP contribution is 2.66. The van der Waals surface area contributed by atoms with Crippen LogP contribution in [0.25, 0.3) is 11.2 Å². The molecule has 4 saturated carbocycles. The smallest absolute Gasteiger partial charge is 0.264 e. The maximum absolute atomic E-state index is 11.1. The number of halogens is 1. The van der Waals surface area contributed by atoms with Crippen LogP contribution in [0.1, 0.15) is 65.0 Å². The zero-order valence-electron chi connectivity index (χ0n) is 20.3. The van der Waals surface area contributed by atoms with Crippen LogP contribution in [-0.4, -0.2) is 72.3 Å². The Morgan fingerprint density at radius 3 is 2.47 bits per heavy atom. The molecule has 0 spiro atoms. The minimum Gasteiger partial charge on any atom is -0.388 e. The molecule has 5 fully saturated rings. The highest BCUT2D eigenvalue weighted by molar-refractivity contribution is 7.85. The molecule has 36 heavy (non-hydrogen) atoms. The molecule has 8 atom stereocenters. The number of rotatable bonds is 6. The van der Waals surface area contributed by atoms with Crippen LogP contribution in [0.15, 0.2) is 6.33 Å². The van der Waals surface area contributed by atoms with Crippen molar-refractivity contribution in [3.8, 4) is 0 Å². The van der Waals surface area contributed by atoms with Crippen LogP contribution in [-0.2, 0) is 14.9 Å². The van der Waals surface area contributed by atoms with Crippen LogP contribution in [0.3, 0.4) is 0 Å². The highest BCUT2D eigenvalue weighted by Gasteiger charge is 2.60. The van der Waals surface area contributed by atoms with Gasteiger partial charge in [0, 0.05) is 5.54 Å². The van der Waals surface area contributed by atoms with E-state index in [9.17, 15) is 18.6 Å². The number of aromatic nitrogens is 4. The molecule has 0 aromatic carbocycles. The lowest BCUT2D eigenvalue weighted by Gasteiger charge is -2.65. The van der Waals surface area contributed by atoms with Gasteiger partial charge in [0.2, 0.25) is 5.28 Å². The van der Waals surface area contributed by atoms with E-state index in [0.717, 1.165) is 19.3 Å². The van der Waals surface area contributed by atoms with Gasteiger partial charge in [0.1, 0.15) is 12.2 Å². The number of fused-ring (bicyclic) bond motifs is 1. The lowest BCUT2D eigenvalue weighted by Crippen LogP contribution is -2.61. The maximum Gasteiger partial charge on any atom is 0.264 e. The Labute approximate surface area is 214 Å². The first-order chi connectivity index (χ1) is 16.8. The molecule has 1 saturated heterocycles. The predicted octanol–water partition coefficient (Wildman–Crippen LogP) is 2.54. The monoisotopic (exact) mass is 541 g/mol. The molecule has 0 amide bonds. The number of anilines is 1. The SMILES string of the molecule is C[C@]12CC3CC(Nc4nc(Cl)nc5c4ncn5C4OC(CCS(=O)(=O)O)C(O)C4O)(C1)C[C@@](C)(C3)C2. The Balaban J connectivity index is 1.31. The molecule has 5 aliphatic rings. The van der Waals surface area contributed by atoms with Crippen molar-refractivity contribution < 1.29 is 27.9 Å². The molecule has 2 aromatic heterocycles. The van der Waals surface area contributed by atoms with Gasteiger partial charge in [-0.1, -0.05) is 13.8 Å². The van der Waals surface area contributed by atoms with E-state index in [0.29, 0.717) is 33.7 Å². The normalized spacial score (nSPS) is 41.9. The fourth-order valence-corrected chi connectivity index (χ4v) is 9.16. The van der Waals surface area contributed by atoms with Crippen LogP contribution >= 0.6 is 11.6 Å². The van der Waals surface area contributed by atoms with Crippen LogP contribution < -0.4 is 5.32 Å². The Kier molecular flexibility index (Phi) is 5.48. The van der Waals surface area contributed by atoms with Crippen molar-refractivity contribution in [1.29, 1.82) is 0 Å². The molecular formula is C23H32ClN5O6S. The molecule has 4 N–H and O–H groups in total. The third kappa shape index (κ3) is 4.19. The fourth-order valence-electron chi connectivity index (χ4n) is 8.46. The summed E-state index contributed by atoms with van der Waals surface area (Å²) in [5.41, 5.74) is 1.32. The Morgan fingerprint density at radius 2 is 1.83 bits per heavy atom. The number of aliphatic hydroxyl groups excluding tert-OH is 2. The Hall–Kier alpha value is -1.57. The molecule has 0 radical (unpaired) electrons. The number of hydrogen-bond donors (Lipinski definition) is 4. The predicted molar refractivity (Wildman–Crippen MR) is 131 cm³/mol. The average molecular weight is 542 g/mol. The van der Waals surface area contributed by atoms with E-state index >= 15 is 0 Å². The average Bonchev–Trinajstić information content (AvgIpc) is 3.24. The summed E-state index contributed by atoms with van der Waals surface area (Å²) in [4.78, 5) is 13.3. The number of ether oxygens (including phenoxy) is 1. The first-order valence-electron chi connectivity index (χ1n) is 12.4. The Morgan fingerprint density at radius 1 is 1.14 bits per heavy atom. The molecule has 6 unspecified atom stereocenters. The summed E-state index contributed by atoms with van der Waals surface area (Å²) in [5.74, 6) is 0.619. The summed E-state index contributed by atoms with van der Waals surface area (Å²) in [6.07, 6.45) is 3.47. The molecular weight excluding hydrogens is 510 g/mol. The molecule has 13 heteroatoms. The van der Waals surface area contributed by atoms with Gasteiger partial charge in [-0.15, -0.1) is 0 Å². The van der Waals surface area contributed by atoms with Crippen LogP contribution in [0, 0.1) is 16.7 Å². The van der Waals surface area contributed by atoms with E-state index in [1.165, 1.54) is 30.2 Å². The first-order valence-corrected chi connectivity index (χ1v) is 14.4. The molecule has 198 valence electrons. The lowest BCUT2D eigenvalue weighted by atomic mass is 9.43. The van der Waals surface area contributed by atoms with Crippen LogP contribution in [0.2, 0.25) is 5.28 Å². The van der Waals surface area contributed by atoms with E-state index in [2.05, 4.69) is 34.1 Å². The van der Waals surface area contributed by atoms with E-state index in [1.807, 2.05) is 0 Å². The van der Waals surface area contributed by atoms with Gasteiger partial charge in [-0.3, -0.25) is 9.12 Å². The summed E-state index contributed by atoms with van der Waals surface area (Å²) in [6.45, 7) is 4.79. The summed E-state index contributed by atoms with van der Waals surface area (Å²) in [6, 6.07) is 0. The largest absolute Gasteiger partial charge is 0.388 e. The first kappa shape index (κ1) is 24.7. The van der Waals surface area contributed by atoms with Crippen molar-refractivity contribution >= 4 is 38.7 Å². The third-order valence-electron chi connectivity index (χ3n) is 8.68. The van der Waals surface area contributed by atoms with Gasteiger partial charge in [0.15, 0.2) is 23.2 Å². The molecule has 4 bridgehead atoms. The van der Waals surface area contributed by atoms with Crippen LogP contribution in [0.5, 0.6) is 0 Å². The molecule has 3 heterocycles. The minimum absolute atomic E-state index is 0.0184. The summed E-state index contributed by atoms with van der Waals surface area (Å²) < 4.78 is 38.6. The molecule has 7 rings (SSSR count). The topological polar surface area (TPSA) is 160 Å². The van der Waals surface area contributed by atoms with Crippen molar-refractivity contribution in [3.05, 3.63) is 11.6 Å². The van der Waals surface area contributed by atoms with Gasteiger partial charge >= 0.3 is 0 Å². The van der Waals surface area contributed by atoms with E-state index in [1.54, 1.807) is 0 Å². The summed E-state index contributed by atoms with van der Waals surface area (Å²) in [7, 11) is -4.24. The summed E-state index contributed by atoms with van der Waals surface area (Å²) >= 11 is 6.34. The Bertz CT molecular complexity index is 1300. The second-order valence-electron chi connectivity index (χ2n) is 12.3. The van der Waals surface area contributed by atoms with Gasteiger partial charge in [-0.05, 0) is 73.3 Å². The highest BCUT2D eigenvalue weighted by atomic mass is 35.5. The second kappa shape index (κ2) is 7.97.